The molecule has 1 saturated heterocycles. The lowest BCUT2D eigenvalue weighted by Gasteiger charge is -2.21. The Kier molecular flexibility index (Phi) is 7.00. The maximum atomic E-state index is 12.6. The predicted octanol–water partition coefficient (Wildman–Crippen LogP) is 5.36. The molecule has 2 aromatic carbocycles. The topological polar surface area (TPSA) is 83.9 Å². The number of anilines is 3. The summed E-state index contributed by atoms with van der Waals surface area (Å²) in [6.07, 6.45) is 4.25. The van der Waals surface area contributed by atoms with Gasteiger partial charge in [0.15, 0.2) is 0 Å². The van der Waals surface area contributed by atoms with Gasteiger partial charge in [-0.3, -0.25) is 4.79 Å². The highest BCUT2D eigenvalue weighted by Crippen LogP contribution is 2.26. The fraction of sp³-hybridized carbons (Fsp3) is 0.345. The molecule has 0 atom stereocenters. The number of amides is 1. The molecule has 5 rings (SSSR count). The van der Waals surface area contributed by atoms with Gasteiger partial charge in [-0.1, -0.05) is 32.0 Å². The van der Waals surface area contributed by atoms with Gasteiger partial charge in [-0.25, -0.2) is 9.97 Å². The van der Waals surface area contributed by atoms with Gasteiger partial charge < -0.3 is 20.5 Å². The van der Waals surface area contributed by atoms with Gasteiger partial charge in [0.25, 0.3) is 0 Å². The number of aromatic nitrogens is 3. The average molecular weight is 483 g/mol. The molecule has 1 fully saturated rings. The maximum Gasteiger partial charge on any atom is 0.228 e. The monoisotopic (exact) mass is 482 g/mol. The van der Waals surface area contributed by atoms with E-state index in [-0.39, 0.29) is 11.8 Å². The first kappa shape index (κ1) is 24.0. The molecule has 186 valence electrons. The van der Waals surface area contributed by atoms with Crippen molar-refractivity contribution in [2.75, 3.05) is 23.7 Å². The lowest BCUT2D eigenvalue weighted by atomic mass is 9.97. The second kappa shape index (κ2) is 10.5. The summed E-state index contributed by atoms with van der Waals surface area (Å²) in [6.45, 7) is 6.18. The Morgan fingerprint density at radius 2 is 1.89 bits per heavy atom. The van der Waals surface area contributed by atoms with Crippen LogP contribution in [0.2, 0.25) is 0 Å². The van der Waals surface area contributed by atoms with E-state index in [9.17, 15) is 4.79 Å². The Morgan fingerprint density at radius 3 is 2.69 bits per heavy atom. The van der Waals surface area contributed by atoms with E-state index in [0.717, 1.165) is 66.1 Å². The third-order valence-electron chi connectivity index (χ3n) is 6.95. The van der Waals surface area contributed by atoms with E-state index in [1.54, 1.807) is 6.20 Å². The Labute approximate surface area is 212 Å². The standard InChI is InChI=1S/C29H34N6O/c1-19(2)23-5-4-6-24(18-23)32-29-33-25-16-20(7-8-26(25)35(29)3)15-21-9-14-31-27(17-21)34-28(36)22-10-12-30-13-11-22/h4-9,14,16-19,22,30H,10-13,15H2,1-3H3,(H,32,33)(H,31,34,36). The second-order valence-corrected chi connectivity index (χ2v) is 9.96. The summed E-state index contributed by atoms with van der Waals surface area (Å²) in [6, 6.07) is 18.8. The molecule has 4 aromatic rings. The van der Waals surface area contributed by atoms with Crippen LogP contribution in [0.15, 0.2) is 60.8 Å². The Morgan fingerprint density at radius 1 is 1.08 bits per heavy atom. The van der Waals surface area contributed by atoms with Crippen LogP contribution in [0, 0.1) is 5.92 Å². The minimum absolute atomic E-state index is 0.0546. The first-order valence-corrected chi connectivity index (χ1v) is 12.7. The van der Waals surface area contributed by atoms with Gasteiger partial charge in [-0.05, 0) is 91.4 Å². The number of piperidine rings is 1. The lowest BCUT2D eigenvalue weighted by Crippen LogP contribution is -2.34. The smallest absolute Gasteiger partial charge is 0.228 e. The van der Waals surface area contributed by atoms with Crippen molar-refractivity contribution in [3.8, 4) is 0 Å². The molecule has 0 radical (unpaired) electrons. The number of rotatable bonds is 7. The van der Waals surface area contributed by atoms with E-state index in [2.05, 4.69) is 81.8 Å². The van der Waals surface area contributed by atoms with Gasteiger partial charge in [0.2, 0.25) is 11.9 Å². The van der Waals surface area contributed by atoms with Crippen LogP contribution in [0.1, 0.15) is 49.3 Å². The Bertz CT molecular complexity index is 1370. The van der Waals surface area contributed by atoms with Crippen LogP contribution in [0.25, 0.3) is 11.0 Å². The van der Waals surface area contributed by atoms with Gasteiger partial charge in [-0.15, -0.1) is 0 Å². The molecule has 1 aliphatic rings. The third-order valence-corrected chi connectivity index (χ3v) is 6.95. The van der Waals surface area contributed by atoms with Crippen LogP contribution >= 0.6 is 0 Å². The fourth-order valence-electron chi connectivity index (χ4n) is 4.77. The van der Waals surface area contributed by atoms with Crippen molar-refractivity contribution in [2.45, 2.75) is 39.0 Å². The molecule has 0 aliphatic carbocycles. The first-order valence-electron chi connectivity index (χ1n) is 12.7. The molecular weight excluding hydrogens is 448 g/mol. The molecule has 7 nitrogen and oxygen atoms in total. The zero-order valence-corrected chi connectivity index (χ0v) is 21.2. The van der Waals surface area contributed by atoms with Gasteiger partial charge >= 0.3 is 0 Å². The summed E-state index contributed by atoms with van der Waals surface area (Å²) < 4.78 is 2.09. The number of hydrogen-bond donors (Lipinski definition) is 3. The Hall–Kier alpha value is -3.71. The normalized spacial score (nSPS) is 14.3. The van der Waals surface area contributed by atoms with E-state index in [1.807, 2.05) is 19.2 Å². The van der Waals surface area contributed by atoms with E-state index in [1.165, 1.54) is 5.56 Å². The average Bonchev–Trinajstić information content (AvgIpc) is 3.19. The van der Waals surface area contributed by atoms with E-state index >= 15 is 0 Å². The number of pyridine rings is 1. The van der Waals surface area contributed by atoms with Crippen LogP contribution in [0.4, 0.5) is 17.5 Å². The van der Waals surface area contributed by atoms with Crippen LogP contribution in [-0.4, -0.2) is 33.5 Å². The van der Waals surface area contributed by atoms with Crippen molar-refractivity contribution in [3.63, 3.8) is 0 Å². The van der Waals surface area contributed by atoms with Crippen molar-refractivity contribution in [1.29, 1.82) is 0 Å². The second-order valence-electron chi connectivity index (χ2n) is 9.96. The number of nitrogens with zero attached hydrogens (tertiary/aromatic N) is 3. The Balaban J connectivity index is 1.30. The lowest BCUT2D eigenvalue weighted by molar-refractivity contribution is -0.120. The molecule has 0 bridgehead atoms. The molecular formula is C29H34N6O. The number of carbonyl (C=O) groups is 1. The fourth-order valence-corrected chi connectivity index (χ4v) is 4.77. The largest absolute Gasteiger partial charge is 0.326 e. The van der Waals surface area contributed by atoms with Crippen LogP contribution in [0.3, 0.4) is 0 Å². The van der Waals surface area contributed by atoms with Gasteiger partial charge in [0.1, 0.15) is 5.82 Å². The predicted molar refractivity (Wildman–Crippen MR) is 146 cm³/mol. The van der Waals surface area contributed by atoms with Gasteiger partial charge in [0.05, 0.1) is 11.0 Å². The first-order chi connectivity index (χ1) is 17.5. The maximum absolute atomic E-state index is 12.6. The SMILES string of the molecule is CC(C)c1cccc(Nc2nc3cc(Cc4ccnc(NC(=O)C5CCNCC5)c4)ccc3n2C)c1. The summed E-state index contributed by atoms with van der Waals surface area (Å²) >= 11 is 0. The summed E-state index contributed by atoms with van der Waals surface area (Å²) in [4.78, 5) is 21.8. The number of fused-ring (bicyclic) bond motifs is 1. The van der Waals surface area contributed by atoms with Crippen LogP contribution in [0.5, 0.6) is 0 Å². The van der Waals surface area contributed by atoms with Crippen molar-refractivity contribution in [3.05, 3.63) is 77.5 Å². The van der Waals surface area contributed by atoms with Crippen molar-refractivity contribution in [2.24, 2.45) is 13.0 Å². The van der Waals surface area contributed by atoms with E-state index in [0.29, 0.717) is 11.7 Å². The van der Waals surface area contributed by atoms with Gasteiger partial charge in [0, 0.05) is 24.8 Å². The van der Waals surface area contributed by atoms with E-state index < -0.39 is 0 Å². The highest BCUT2D eigenvalue weighted by Gasteiger charge is 2.21. The number of carbonyl (C=O) groups excluding carboxylic acids is 1. The van der Waals surface area contributed by atoms with Crippen LogP contribution in [-0.2, 0) is 18.3 Å². The summed E-state index contributed by atoms with van der Waals surface area (Å²) in [5.41, 5.74) is 6.62. The van der Waals surface area contributed by atoms with Crippen molar-refractivity contribution in [1.82, 2.24) is 19.9 Å². The molecule has 0 saturated carbocycles. The minimum atomic E-state index is 0.0546. The molecule has 1 aliphatic heterocycles. The summed E-state index contributed by atoms with van der Waals surface area (Å²) in [7, 11) is 2.03. The van der Waals surface area contributed by atoms with Crippen LogP contribution < -0.4 is 16.0 Å². The highest BCUT2D eigenvalue weighted by atomic mass is 16.1. The number of aryl methyl sites for hydroxylation is 1. The van der Waals surface area contributed by atoms with Gasteiger partial charge in [-0.2, -0.15) is 0 Å². The van der Waals surface area contributed by atoms with Crippen molar-refractivity contribution >= 4 is 34.4 Å². The molecule has 3 heterocycles. The number of nitrogens with one attached hydrogen (secondary N) is 3. The van der Waals surface area contributed by atoms with E-state index in [4.69, 9.17) is 4.98 Å². The highest BCUT2D eigenvalue weighted by molar-refractivity contribution is 5.91. The molecule has 7 heteroatoms. The molecule has 0 unspecified atom stereocenters. The molecule has 2 aromatic heterocycles. The summed E-state index contributed by atoms with van der Waals surface area (Å²) in [5.74, 6) is 2.02. The number of imidazole rings is 1. The number of hydrogen-bond acceptors (Lipinski definition) is 5. The number of benzene rings is 2. The minimum Gasteiger partial charge on any atom is -0.326 e. The molecule has 1 amide bonds. The quantitative estimate of drug-likeness (QED) is 0.330. The molecule has 3 N–H and O–H groups in total. The molecule has 0 spiro atoms. The summed E-state index contributed by atoms with van der Waals surface area (Å²) in [5, 5.41) is 9.79. The van der Waals surface area contributed by atoms with Crippen molar-refractivity contribution < 1.29 is 4.79 Å². The third kappa shape index (κ3) is 5.41. The zero-order chi connectivity index (χ0) is 25.1. The zero-order valence-electron chi connectivity index (χ0n) is 21.2. The molecule has 36 heavy (non-hydrogen) atoms.